The number of rotatable bonds is 5. The highest BCUT2D eigenvalue weighted by Gasteiger charge is 2.37. The lowest BCUT2D eigenvalue weighted by Crippen LogP contribution is -2.35. The number of hydrogen-bond donors (Lipinski definition) is 2. The van der Waals surface area contributed by atoms with E-state index in [1.54, 1.807) is 18.2 Å². The first-order chi connectivity index (χ1) is 8.11. The molecule has 0 heterocycles. The van der Waals surface area contributed by atoms with Gasteiger partial charge in [-0.05, 0) is 31.0 Å². The zero-order valence-corrected chi connectivity index (χ0v) is 10.1. The second kappa shape index (κ2) is 4.94. The van der Waals surface area contributed by atoms with Gasteiger partial charge in [0.2, 0.25) is 0 Å². The highest BCUT2D eigenvalue weighted by atomic mass is 35.5. The van der Waals surface area contributed by atoms with Gasteiger partial charge in [0.05, 0.1) is 0 Å². The molecule has 5 heteroatoms. The predicted octanol–water partition coefficient (Wildman–Crippen LogP) is 1.44. The molecule has 4 nitrogen and oxygen atoms in total. The number of hydrogen-bond acceptors (Lipinski definition) is 3. The van der Waals surface area contributed by atoms with Crippen molar-refractivity contribution in [1.29, 1.82) is 0 Å². The van der Waals surface area contributed by atoms with E-state index in [2.05, 4.69) is 0 Å². The van der Waals surface area contributed by atoms with E-state index in [-0.39, 0.29) is 5.92 Å². The van der Waals surface area contributed by atoms with E-state index in [0.29, 0.717) is 17.3 Å². The molecule has 4 N–H and O–H groups in total. The van der Waals surface area contributed by atoms with Crippen molar-refractivity contribution in [3.8, 4) is 5.75 Å². The number of benzene rings is 1. The van der Waals surface area contributed by atoms with Gasteiger partial charge in [0.25, 0.3) is 5.91 Å². The van der Waals surface area contributed by atoms with Gasteiger partial charge in [-0.3, -0.25) is 4.79 Å². The highest BCUT2D eigenvalue weighted by molar-refractivity contribution is 6.30. The summed E-state index contributed by atoms with van der Waals surface area (Å²) < 4.78 is 5.66. The van der Waals surface area contributed by atoms with Crippen molar-refractivity contribution >= 4 is 17.5 Å². The molecule has 1 aliphatic rings. The minimum Gasteiger partial charge on any atom is -0.480 e. The Morgan fingerprint density at radius 2 is 2.24 bits per heavy atom. The molecule has 0 aliphatic heterocycles. The van der Waals surface area contributed by atoms with Crippen molar-refractivity contribution in [3.05, 3.63) is 28.8 Å². The smallest absolute Gasteiger partial charge is 0.258 e. The van der Waals surface area contributed by atoms with Gasteiger partial charge < -0.3 is 16.2 Å². The van der Waals surface area contributed by atoms with Crippen molar-refractivity contribution in [1.82, 2.24) is 0 Å². The number of amides is 1. The summed E-state index contributed by atoms with van der Waals surface area (Å²) in [7, 11) is 0. The van der Waals surface area contributed by atoms with Gasteiger partial charge in [-0.1, -0.05) is 11.6 Å². The number of carbonyl (C=O) groups excluding carboxylic acids is 1. The summed E-state index contributed by atoms with van der Waals surface area (Å²) in [4.78, 5) is 11.3. The normalized spacial score (nSPS) is 16.6. The first-order valence-electron chi connectivity index (χ1n) is 5.56. The van der Waals surface area contributed by atoms with Gasteiger partial charge in [0.1, 0.15) is 5.75 Å². The van der Waals surface area contributed by atoms with E-state index in [1.807, 2.05) is 0 Å². The molecule has 1 amide bonds. The largest absolute Gasteiger partial charge is 0.480 e. The Kier molecular flexibility index (Phi) is 3.54. The molecule has 92 valence electrons. The Morgan fingerprint density at radius 1 is 1.53 bits per heavy atom. The molecule has 1 unspecified atom stereocenters. The highest BCUT2D eigenvalue weighted by Crippen LogP contribution is 2.35. The molecule has 0 spiro atoms. The number of ether oxygens (including phenoxy) is 1. The minimum absolute atomic E-state index is 0.244. The summed E-state index contributed by atoms with van der Waals surface area (Å²) in [5.41, 5.74) is 11.7. The van der Waals surface area contributed by atoms with Crippen LogP contribution in [-0.4, -0.2) is 12.0 Å². The maximum Gasteiger partial charge on any atom is 0.258 e. The molecule has 2 rings (SSSR count). The SMILES string of the molecule is NCc1cc(Cl)ccc1OC(C(N)=O)C1CC1. The van der Waals surface area contributed by atoms with E-state index >= 15 is 0 Å². The Hall–Kier alpha value is -1.26. The molecule has 1 aromatic carbocycles. The molecule has 0 aromatic heterocycles. The number of primary amides is 1. The summed E-state index contributed by atoms with van der Waals surface area (Å²) in [5, 5.41) is 0.597. The first kappa shape index (κ1) is 12.2. The van der Waals surface area contributed by atoms with Gasteiger partial charge >= 0.3 is 0 Å². The van der Waals surface area contributed by atoms with Crippen LogP contribution in [0.25, 0.3) is 0 Å². The van der Waals surface area contributed by atoms with E-state index < -0.39 is 12.0 Å². The quantitative estimate of drug-likeness (QED) is 0.835. The molecule has 1 atom stereocenters. The number of carbonyl (C=O) groups is 1. The lowest BCUT2D eigenvalue weighted by molar-refractivity contribution is -0.125. The van der Waals surface area contributed by atoms with Crippen LogP contribution in [0.15, 0.2) is 18.2 Å². The van der Waals surface area contributed by atoms with Gasteiger partial charge in [-0.15, -0.1) is 0 Å². The molecular formula is C12H15ClN2O2. The van der Waals surface area contributed by atoms with Crippen LogP contribution in [0, 0.1) is 5.92 Å². The summed E-state index contributed by atoms with van der Waals surface area (Å²) in [6, 6.07) is 5.17. The van der Waals surface area contributed by atoms with Gasteiger partial charge in [0, 0.05) is 23.0 Å². The molecule has 17 heavy (non-hydrogen) atoms. The van der Waals surface area contributed by atoms with Crippen molar-refractivity contribution in [3.63, 3.8) is 0 Å². The Bertz CT molecular complexity index is 433. The van der Waals surface area contributed by atoms with Crippen molar-refractivity contribution in [2.75, 3.05) is 0 Å². The lowest BCUT2D eigenvalue weighted by Gasteiger charge is -2.17. The van der Waals surface area contributed by atoms with Crippen LogP contribution < -0.4 is 16.2 Å². The van der Waals surface area contributed by atoms with E-state index in [0.717, 1.165) is 18.4 Å². The third-order valence-electron chi connectivity index (χ3n) is 2.83. The topological polar surface area (TPSA) is 78.3 Å². The average Bonchev–Trinajstić information content (AvgIpc) is 3.10. The van der Waals surface area contributed by atoms with Gasteiger partial charge in [0.15, 0.2) is 6.10 Å². The van der Waals surface area contributed by atoms with E-state index in [4.69, 9.17) is 27.8 Å². The zero-order valence-electron chi connectivity index (χ0n) is 9.36. The standard InChI is InChI=1S/C12H15ClN2O2/c13-9-3-4-10(8(5-9)6-14)17-11(12(15)16)7-1-2-7/h3-5,7,11H,1-2,6,14H2,(H2,15,16). The van der Waals surface area contributed by atoms with Crippen molar-refractivity contribution < 1.29 is 9.53 Å². The van der Waals surface area contributed by atoms with Gasteiger partial charge in [-0.25, -0.2) is 0 Å². The first-order valence-corrected chi connectivity index (χ1v) is 5.94. The molecule has 0 bridgehead atoms. The molecule has 0 radical (unpaired) electrons. The van der Waals surface area contributed by atoms with Crippen LogP contribution in [0.1, 0.15) is 18.4 Å². The molecule has 1 aromatic rings. The van der Waals surface area contributed by atoms with Crippen LogP contribution in [-0.2, 0) is 11.3 Å². The van der Waals surface area contributed by atoms with E-state index in [9.17, 15) is 4.79 Å². The molecule has 1 fully saturated rings. The Morgan fingerprint density at radius 3 is 2.76 bits per heavy atom. The fourth-order valence-electron chi connectivity index (χ4n) is 1.74. The van der Waals surface area contributed by atoms with Crippen LogP contribution in [0.4, 0.5) is 0 Å². The molecular weight excluding hydrogens is 240 g/mol. The van der Waals surface area contributed by atoms with Crippen LogP contribution in [0.2, 0.25) is 5.02 Å². The predicted molar refractivity (Wildman–Crippen MR) is 65.7 cm³/mol. The third kappa shape index (κ3) is 2.90. The maximum absolute atomic E-state index is 11.3. The summed E-state index contributed by atoms with van der Waals surface area (Å²) in [6.45, 7) is 0.312. The summed E-state index contributed by atoms with van der Waals surface area (Å²) >= 11 is 5.87. The van der Waals surface area contributed by atoms with Crippen molar-refractivity contribution in [2.45, 2.75) is 25.5 Å². The zero-order chi connectivity index (χ0) is 12.4. The Balaban J connectivity index is 2.18. The summed E-state index contributed by atoms with van der Waals surface area (Å²) in [6.07, 6.45) is 1.42. The third-order valence-corrected chi connectivity index (χ3v) is 3.06. The van der Waals surface area contributed by atoms with Crippen LogP contribution >= 0.6 is 11.6 Å². The summed E-state index contributed by atoms with van der Waals surface area (Å²) in [5.74, 6) is 0.409. The van der Waals surface area contributed by atoms with E-state index in [1.165, 1.54) is 0 Å². The molecule has 1 aliphatic carbocycles. The fraction of sp³-hybridized carbons (Fsp3) is 0.417. The van der Waals surface area contributed by atoms with Crippen LogP contribution in [0.5, 0.6) is 5.75 Å². The molecule has 0 saturated heterocycles. The number of nitrogens with two attached hydrogens (primary N) is 2. The monoisotopic (exact) mass is 254 g/mol. The van der Waals surface area contributed by atoms with Gasteiger partial charge in [-0.2, -0.15) is 0 Å². The second-order valence-corrected chi connectivity index (χ2v) is 4.67. The second-order valence-electron chi connectivity index (χ2n) is 4.23. The Labute approximate surface area is 105 Å². The number of halogens is 1. The fourth-order valence-corrected chi connectivity index (χ4v) is 1.94. The van der Waals surface area contributed by atoms with Crippen LogP contribution in [0.3, 0.4) is 0 Å². The molecule has 1 saturated carbocycles. The maximum atomic E-state index is 11.3. The minimum atomic E-state index is -0.554. The van der Waals surface area contributed by atoms with Crippen molar-refractivity contribution in [2.24, 2.45) is 17.4 Å². The lowest BCUT2D eigenvalue weighted by atomic mass is 10.2. The average molecular weight is 255 g/mol.